The number of halogens is 1. The number of aromatic nitrogens is 1. The minimum absolute atomic E-state index is 0.00171. The first-order valence-corrected chi connectivity index (χ1v) is 8.22. The average molecular weight is 347 g/mol. The highest BCUT2D eigenvalue weighted by molar-refractivity contribution is 6.31. The molecule has 6 heteroatoms. The lowest BCUT2D eigenvalue weighted by Gasteiger charge is -2.26. The first kappa shape index (κ1) is 18.2. The summed E-state index contributed by atoms with van der Waals surface area (Å²) in [7, 11) is 3.93. The number of likely N-dealkylation sites (N-methyl/N-ethyl adjacent to an activating group) is 1. The molecule has 1 heterocycles. The predicted molar refractivity (Wildman–Crippen MR) is 97.1 cm³/mol. The highest BCUT2D eigenvalue weighted by Gasteiger charge is 2.18. The molecule has 5 nitrogen and oxygen atoms in total. The van der Waals surface area contributed by atoms with Gasteiger partial charge in [-0.3, -0.25) is 4.98 Å². The second-order valence-electron chi connectivity index (χ2n) is 5.86. The van der Waals surface area contributed by atoms with Gasteiger partial charge in [0.25, 0.3) is 0 Å². The molecule has 24 heavy (non-hydrogen) atoms. The van der Waals surface area contributed by atoms with Crippen LogP contribution in [0.5, 0.6) is 0 Å². The van der Waals surface area contributed by atoms with E-state index in [0.717, 1.165) is 11.1 Å². The van der Waals surface area contributed by atoms with Crippen LogP contribution in [0.15, 0.2) is 48.8 Å². The number of hydrogen-bond donors (Lipinski definition) is 2. The Balaban J connectivity index is 1.95. The monoisotopic (exact) mass is 346 g/mol. The van der Waals surface area contributed by atoms with E-state index in [0.29, 0.717) is 11.6 Å². The molecule has 0 spiro atoms. The van der Waals surface area contributed by atoms with Crippen molar-refractivity contribution < 1.29 is 4.79 Å². The fraction of sp³-hybridized carbons (Fsp3) is 0.333. The SMILES string of the molecule is C[C@@H](NC(=O)NC[C@@H](c1ccccc1Cl)N(C)C)c1cccnc1. The Morgan fingerprint density at radius 3 is 2.62 bits per heavy atom. The standard InChI is InChI=1S/C18H23ClN4O/c1-13(14-7-6-10-20-11-14)22-18(24)21-12-17(23(2)3)15-8-4-5-9-16(15)19/h4-11,13,17H,12H2,1-3H3,(H2,21,22,24)/t13-,17+/m1/s1. The van der Waals surface area contributed by atoms with Crippen LogP contribution in [-0.2, 0) is 0 Å². The summed E-state index contributed by atoms with van der Waals surface area (Å²) in [5.41, 5.74) is 1.95. The van der Waals surface area contributed by atoms with Crippen LogP contribution in [0.3, 0.4) is 0 Å². The zero-order valence-corrected chi connectivity index (χ0v) is 14.9. The summed E-state index contributed by atoms with van der Waals surface area (Å²) >= 11 is 6.28. The number of pyridine rings is 1. The number of amides is 2. The van der Waals surface area contributed by atoms with Crippen LogP contribution in [0.1, 0.15) is 30.1 Å². The van der Waals surface area contributed by atoms with Crippen LogP contribution >= 0.6 is 11.6 Å². The van der Waals surface area contributed by atoms with Gasteiger partial charge in [0, 0.05) is 24.0 Å². The van der Waals surface area contributed by atoms with Gasteiger partial charge in [0.1, 0.15) is 0 Å². The lowest BCUT2D eigenvalue weighted by atomic mass is 10.1. The summed E-state index contributed by atoms with van der Waals surface area (Å²) in [6, 6.07) is 11.1. The fourth-order valence-corrected chi connectivity index (χ4v) is 2.73. The first-order chi connectivity index (χ1) is 11.5. The topological polar surface area (TPSA) is 57.3 Å². The number of hydrogen-bond acceptors (Lipinski definition) is 3. The molecule has 2 N–H and O–H groups in total. The highest BCUT2D eigenvalue weighted by atomic mass is 35.5. The zero-order valence-electron chi connectivity index (χ0n) is 14.2. The molecule has 0 bridgehead atoms. The van der Waals surface area contributed by atoms with Gasteiger partial charge < -0.3 is 15.5 Å². The van der Waals surface area contributed by atoms with E-state index >= 15 is 0 Å². The number of urea groups is 1. The number of nitrogens with zero attached hydrogens (tertiary/aromatic N) is 2. The number of carbonyl (C=O) groups is 1. The molecule has 0 saturated heterocycles. The molecule has 0 fully saturated rings. The highest BCUT2D eigenvalue weighted by Crippen LogP contribution is 2.25. The molecule has 0 aliphatic carbocycles. The molecule has 0 aliphatic rings. The van der Waals surface area contributed by atoms with Crippen LogP contribution in [0.25, 0.3) is 0 Å². The lowest BCUT2D eigenvalue weighted by Crippen LogP contribution is -2.41. The average Bonchev–Trinajstić information content (AvgIpc) is 2.57. The number of nitrogens with one attached hydrogen (secondary N) is 2. The molecule has 2 amide bonds. The van der Waals surface area contributed by atoms with Crippen LogP contribution in [0, 0.1) is 0 Å². The summed E-state index contributed by atoms with van der Waals surface area (Å²) in [5, 5.41) is 6.53. The summed E-state index contributed by atoms with van der Waals surface area (Å²) < 4.78 is 0. The maximum atomic E-state index is 12.2. The fourth-order valence-electron chi connectivity index (χ4n) is 2.47. The van der Waals surface area contributed by atoms with E-state index in [-0.39, 0.29) is 18.1 Å². The zero-order chi connectivity index (χ0) is 17.5. The van der Waals surface area contributed by atoms with E-state index in [2.05, 4.69) is 15.6 Å². The largest absolute Gasteiger partial charge is 0.336 e. The molecule has 0 unspecified atom stereocenters. The minimum atomic E-state index is -0.217. The van der Waals surface area contributed by atoms with E-state index in [1.807, 2.05) is 62.3 Å². The van der Waals surface area contributed by atoms with E-state index in [9.17, 15) is 4.79 Å². The smallest absolute Gasteiger partial charge is 0.315 e. The Hall–Kier alpha value is -2.11. The third-order valence-corrected chi connectivity index (χ3v) is 4.22. The summed E-state index contributed by atoms with van der Waals surface area (Å²) in [5.74, 6) is 0. The van der Waals surface area contributed by atoms with Gasteiger partial charge in [-0.1, -0.05) is 35.9 Å². The summed E-state index contributed by atoms with van der Waals surface area (Å²) in [4.78, 5) is 18.3. The van der Waals surface area contributed by atoms with Gasteiger partial charge in [-0.05, 0) is 44.3 Å². The molecule has 0 saturated carbocycles. The van der Waals surface area contributed by atoms with E-state index in [1.54, 1.807) is 12.4 Å². The van der Waals surface area contributed by atoms with Gasteiger partial charge >= 0.3 is 6.03 Å². The second kappa shape index (κ2) is 8.66. The van der Waals surface area contributed by atoms with Crippen LogP contribution < -0.4 is 10.6 Å². The van der Waals surface area contributed by atoms with Crippen LogP contribution in [0.4, 0.5) is 4.79 Å². The summed E-state index contributed by atoms with van der Waals surface area (Å²) in [6.07, 6.45) is 3.46. The maximum absolute atomic E-state index is 12.2. The lowest BCUT2D eigenvalue weighted by molar-refractivity contribution is 0.230. The van der Waals surface area contributed by atoms with Crippen molar-refractivity contribution in [3.63, 3.8) is 0 Å². The van der Waals surface area contributed by atoms with E-state index in [4.69, 9.17) is 11.6 Å². The van der Waals surface area contributed by atoms with Gasteiger partial charge in [0.05, 0.1) is 12.1 Å². The Bertz CT molecular complexity index is 663. The molecule has 0 radical (unpaired) electrons. The van der Waals surface area contributed by atoms with Crippen molar-refractivity contribution in [2.75, 3.05) is 20.6 Å². The molecule has 1 aromatic carbocycles. The number of rotatable bonds is 6. The molecule has 0 aliphatic heterocycles. The third-order valence-electron chi connectivity index (χ3n) is 3.88. The Labute approximate surface area is 148 Å². The predicted octanol–water partition coefficient (Wildman–Crippen LogP) is 3.40. The maximum Gasteiger partial charge on any atom is 0.315 e. The van der Waals surface area contributed by atoms with Crippen molar-refractivity contribution in [2.24, 2.45) is 0 Å². The molecule has 2 aromatic rings. The van der Waals surface area contributed by atoms with Crippen molar-refractivity contribution in [1.82, 2.24) is 20.5 Å². The Kier molecular flexibility index (Phi) is 6.58. The first-order valence-electron chi connectivity index (χ1n) is 7.84. The van der Waals surface area contributed by atoms with Crippen molar-refractivity contribution in [1.29, 1.82) is 0 Å². The minimum Gasteiger partial charge on any atom is -0.336 e. The van der Waals surface area contributed by atoms with Crippen molar-refractivity contribution in [2.45, 2.75) is 19.0 Å². The van der Waals surface area contributed by atoms with Crippen LogP contribution in [-0.4, -0.2) is 36.6 Å². The van der Waals surface area contributed by atoms with E-state index in [1.165, 1.54) is 0 Å². The second-order valence-corrected chi connectivity index (χ2v) is 6.27. The van der Waals surface area contributed by atoms with Crippen molar-refractivity contribution in [3.8, 4) is 0 Å². The van der Waals surface area contributed by atoms with Gasteiger partial charge in [-0.25, -0.2) is 4.79 Å². The van der Waals surface area contributed by atoms with Gasteiger partial charge in [-0.15, -0.1) is 0 Å². The molecule has 2 rings (SSSR count). The molecule has 2 atom stereocenters. The van der Waals surface area contributed by atoms with E-state index < -0.39 is 0 Å². The van der Waals surface area contributed by atoms with Crippen LogP contribution in [0.2, 0.25) is 5.02 Å². The Morgan fingerprint density at radius 1 is 1.25 bits per heavy atom. The Morgan fingerprint density at radius 2 is 2.00 bits per heavy atom. The normalized spacial score (nSPS) is 13.4. The molecule has 128 valence electrons. The molecule has 1 aromatic heterocycles. The van der Waals surface area contributed by atoms with Gasteiger partial charge in [-0.2, -0.15) is 0 Å². The van der Waals surface area contributed by atoms with Crippen molar-refractivity contribution >= 4 is 17.6 Å². The number of carbonyl (C=O) groups excluding carboxylic acids is 1. The quantitative estimate of drug-likeness (QED) is 0.842. The van der Waals surface area contributed by atoms with Crippen molar-refractivity contribution in [3.05, 3.63) is 64.9 Å². The van der Waals surface area contributed by atoms with Gasteiger partial charge in [0.2, 0.25) is 0 Å². The number of benzene rings is 1. The van der Waals surface area contributed by atoms with Gasteiger partial charge in [0.15, 0.2) is 0 Å². The third kappa shape index (κ3) is 4.94. The summed E-state index contributed by atoms with van der Waals surface area (Å²) in [6.45, 7) is 2.39. The molecular formula is C18H23ClN4O. The molecular weight excluding hydrogens is 324 g/mol.